The first-order valence-electron chi connectivity index (χ1n) is 12.1. The van der Waals surface area contributed by atoms with Crippen molar-refractivity contribution >= 4 is 33.8 Å². The van der Waals surface area contributed by atoms with Crippen molar-refractivity contribution in [2.45, 2.75) is 31.8 Å². The molecule has 1 aromatic heterocycles. The summed E-state index contributed by atoms with van der Waals surface area (Å²) in [6, 6.07) is 18.3. The van der Waals surface area contributed by atoms with Crippen molar-refractivity contribution in [2.75, 3.05) is 36.5 Å². The van der Waals surface area contributed by atoms with E-state index in [9.17, 15) is 9.59 Å². The van der Waals surface area contributed by atoms with Crippen LogP contribution < -0.4 is 15.5 Å². The predicted molar refractivity (Wildman–Crippen MR) is 138 cm³/mol. The minimum atomic E-state index is -0.376. The highest BCUT2D eigenvalue weighted by Gasteiger charge is 2.35. The fraction of sp³-hybridized carbons (Fsp3) is 0.370. The van der Waals surface area contributed by atoms with Crippen LogP contribution in [0.2, 0.25) is 0 Å². The lowest BCUT2D eigenvalue weighted by Gasteiger charge is -2.24. The fourth-order valence-corrected chi connectivity index (χ4v) is 5.38. The number of aromatic nitrogens is 1. The molecule has 2 unspecified atom stereocenters. The van der Waals surface area contributed by atoms with Gasteiger partial charge in [0.05, 0.1) is 29.8 Å². The van der Waals surface area contributed by atoms with Crippen molar-refractivity contribution in [1.29, 1.82) is 0 Å². The Morgan fingerprint density at radius 1 is 1.11 bits per heavy atom. The molecular formula is C27H30N4O3S. The van der Waals surface area contributed by atoms with Crippen LogP contribution in [0.5, 0.6) is 0 Å². The molecule has 2 aliphatic heterocycles. The Hall–Kier alpha value is -3.07. The lowest BCUT2D eigenvalue weighted by atomic mass is 10.1. The van der Waals surface area contributed by atoms with Crippen LogP contribution in [0.25, 0.3) is 0 Å². The lowest BCUT2D eigenvalue weighted by Crippen LogP contribution is -2.39. The van der Waals surface area contributed by atoms with E-state index in [2.05, 4.69) is 27.8 Å². The molecule has 2 aromatic carbocycles. The van der Waals surface area contributed by atoms with Gasteiger partial charge in [0.2, 0.25) is 11.8 Å². The van der Waals surface area contributed by atoms with Crippen LogP contribution in [0.15, 0.2) is 60.8 Å². The molecule has 0 saturated carbocycles. The van der Waals surface area contributed by atoms with Crippen LogP contribution in [-0.4, -0.2) is 49.1 Å². The summed E-state index contributed by atoms with van der Waals surface area (Å²) in [7, 11) is 0. The Balaban J connectivity index is 1.13. The molecule has 0 aliphatic carbocycles. The maximum atomic E-state index is 12.9. The summed E-state index contributed by atoms with van der Waals surface area (Å²) in [6.07, 6.45) is 4.70. The second-order valence-corrected chi connectivity index (χ2v) is 10.2. The van der Waals surface area contributed by atoms with Gasteiger partial charge in [-0.25, -0.2) is 4.98 Å². The monoisotopic (exact) mass is 490 g/mol. The molecule has 2 saturated heterocycles. The van der Waals surface area contributed by atoms with E-state index in [4.69, 9.17) is 4.74 Å². The van der Waals surface area contributed by atoms with Gasteiger partial charge in [0.15, 0.2) is 0 Å². The molecule has 35 heavy (non-hydrogen) atoms. The Bertz CT molecular complexity index is 1140. The van der Waals surface area contributed by atoms with E-state index >= 15 is 0 Å². The topological polar surface area (TPSA) is 83.6 Å². The summed E-state index contributed by atoms with van der Waals surface area (Å²) in [5.74, 6) is -0.526. The lowest BCUT2D eigenvalue weighted by molar-refractivity contribution is -0.122. The van der Waals surface area contributed by atoms with Crippen molar-refractivity contribution in [3.63, 3.8) is 0 Å². The van der Waals surface area contributed by atoms with E-state index in [0.717, 1.165) is 54.7 Å². The largest absolute Gasteiger partial charge is 0.375 e. The minimum Gasteiger partial charge on any atom is -0.375 e. The van der Waals surface area contributed by atoms with Crippen LogP contribution in [-0.2, 0) is 33.6 Å². The first-order valence-corrected chi connectivity index (χ1v) is 13.0. The van der Waals surface area contributed by atoms with Gasteiger partial charge in [0.1, 0.15) is 5.00 Å². The van der Waals surface area contributed by atoms with Crippen molar-refractivity contribution in [3.05, 3.63) is 76.9 Å². The number of nitrogens with one attached hydrogen (secondary N) is 2. The standard InChI is InChI=1S/C27H30N4O3S/c32-26-15-21(18-31(26)22-9-6-20(7-10-22)14-23-16-28-12-13-34-23)27(33)30-25-17-29-24(35-25)11-8-19-4-2-1-3-5-19/h1-7,9-10,17,21,23,28H,8,11-16,18H2,(H,30,33). The van der Waals surface area contributed by atoms with Gasteiger partial charge in [0, 0.05) is 38.2 Å². The zero-order valence-corrected chi connectivity index (χ0v) is 20.4. The maximum absolute atomic E-state index is 12.9. The molecular weight excluding hydrogens is 460 g/mol. The number of hydrogen-bond acceptors (Lipinski definition) is 6. The molecule has 3 heterocycles. The van der Waals surface area contributed by atoms with Gasteiger partial charge >= 0.3 is 0 Å². The smallest absolute Gasteiger partial charge is 0.230 e. The van der Waals surface area contributed by atoms with Crippen LogP contribution in [0.4, 0.5) is 10.7 Å². The number of hydrogen-bond donors (Lipinski definition) is 2. The van der Waals surface area contributed by atoms with Crippen molar-refractivity contribution in [1.82, 2.24) is 10.3 Å². The average Bonchev–Trinajstić information content (AvgIpc) is 3.51. The number of anilines is 2. The van der Waals surface area contributed by atoms with Crippen molar-refractivity contribution < 1.29 is 14.3 Å². The SMILES string of the molecule is O=C(Nc1cnc(CCc2ccccc2)s1)C1CC(=O)N(c2ccc(CC3CNCCO3)cc2)C1. The molecule has 2 amide bonds. The van der Waals surface area contributed by atoms with E-state index in [-0.39, 0.29) is 30.3 Å². The normalized spacial score (nSPS) is 20.2. The van der Waals surface area contributed by atoms with Crippen LogP contribution >= 0.6 is 11.3 Å². The molecule has 2 N–H and O–H groups in total. The first-order chi connectivity index (χ1) is 17.1. The molecule has 0 bridgehead atoms. The van der Waals surface area contributed by atoms with Crippen molar-refractivity contribution in [3.8, 4) is 0 Å². The second kappa shape index (κ2) is 11.1. The highest BCUT2D eigenvalue weighted by molar-refractivity contribution is 7.15. The Morgan fingerprint density at radius 3 is 2.71 bits per heavy atom. The molecule has 0 spiro atoms. The summed E-state index contributed by atoms with van der Waals surface area (Å²) in [5, 5.41) is 8.03. The number of carbonyl (C=O) groups is 2. The zero-order valence-electron chi connectivity index (χ0n) is 19.6. The number of nitrogens with zero attached hydrogens (tertiary/aromatic N) is 2. The number of aryl methyl sites for hydroxylation is 2. The van der Waals surface area contributed by atoms with Gasteiger partial charge in [-0.2, -0.15) is 0 Å². The molecule has 8 heteroatoms. The number of rotatable bonds is 8. The molecule has 2 aliphatic rings. The third-order valence-corrected chi connectivity index (χ3v) is 7.45. The third-order valence-electron chi connectivity index (χ3n) is 6.48. The Kier molecular flexibility index (Phi) is 7.51. The van der Waals surface area contributed by atoms with E-state index < -0.39 is 0 Å². The van der Waals surface area contributed by atoms with Gasteiger partial charge in [-0.3, -0.25) is 9.59 Å². The summed E-state index contributed by atoms with van der Waals surface area (Å²) in [4.78, 5) is 31.7. The number of benzene rings is 2. The molecule has 7 nitrogen and oxygen atoms in total. The summed E-state index contributed by atoms with van der Waals surface area (Å²) in [6.45, 7) is 2.89. The van der Waals surface area contributed by atoms with E-state index in [1.807, 2.05) is 42.5 Å². The minimum absolute atomic E-state index is 0.0226. The van der Waals surface area contributed by atoms with Crippen LogP contribution in [0.3, 0.4) is 0 Å². The second-order valence-electron chi connectivity index (χ2n) is 9.07. The molecule has 2 atom stereocenters. The summed E-state index contributed by atoms with van der Waals surface area (Å²) in [5.41, 5.74) is 3.28. The van der Waals surface area contributed by atoms with E-state index in [1.165, 1.54) is 22.5 Å². The van der Waals surface area contributed by atoms with Crippen molar-refractivity contribution in [2.24, 2.45) is 5.92 Å². The summed E-state index contributed by atoms with van der Waals surface area (Å²) < 4.78 is 5.78. The summed E-state index contributed by atoms with van der Waals surface area (Å²) >= 11 is 1.50. The number of amides is 2. The fourth-order valence-electron chi connectivity index (χ4n) is 4.56. The number of morpholine rings is 1. The molecule has 2 fully saturated rings. The van der Waals surface area contributed by atoms with Gasteiger partial charge in [-0.1, -0.05) is 42.5 Å². The maximum Gasteiger partial charge on any atom is 0.230 e. The Morgan fingerprint density at radius 2 is 1.94 bits per heavy atom. The molecule has 182 valence electrons. The number of carbonyl (C=O) groups excluding carboxylic acids is 2. The first kappa shape index (κ1) is 23.7. The Labute approximate surface area is 209 Å². The highest BCUT2D eigenvalue weighted by Crippen LogP contribution is 2.28. The molecule has 0 radical (unpaired) electrons. The predicted octanol–water partition coefficient (Wildman–Crippen LogP) is 3.45. The van der Waals surface area contributed by atoms with E-state index in [0.29, 0.717) is 6.54 Å². The van der Waals surface area contributed by atoms with Crippen LogP contribution in [0, 0.1) is 5.92 Å². The number of ether oxygens (including phenoxy) is 1. The van der Waals surface area contributed by atoms with Gasteiger partial charge in [0.25, 0.3) is 0 Å². The average molecular weight is 491 g/mol. The quantitative estimate of drug-likeness (QED) is 0.505. The van der Waals surface area contributed by atoms with Gasteiger partial charge < -0.3 is 20.3 Å². The molecule has 5 rings (SSSR count). The zero-order chi connectivity index (χ0) is 24.0. The number of thiazole rings is 1. The highest BCUT2D eigenvalue weighted by atomic mass is 32.1. The van der Waals surface area contributed by atoms with Gasteiger partial charge in [-0.15, -0.1) is 11.3 Å². The van der Waals surface area contributed by atoms with Gasteiger partial charge in [-0.05, 0) is 36.1 Å². The van der Waals surface area contributed by atoms with Crippen LogP contribution in [0.1, 0.15) is 22.6 Å². The third kappa shape index (κ3) is 6.14. The molecule has 3 aromatic rings. The van der Waals surface area contributed by atoms with E-state index in [1.54, 1.807) is 11.1 Å².